The highest BCUT2D eigenvalue weighted by atomic mass is 19.1. The quantitative estimate of drug-likeness (QED) is 0.487. The monoisotopic (exact) mass is 422 g/mol. The first-order valence-corrected chi connectivity index (χ1v) is 10.0. The third-order valence-corrected chi connectivity index (χ3v) is 5.61. The Kier molecular flexibility index (Phi) is 5.66. The number of aryl methyl sites for hydroxylation is 1. The standard InChI is InChI=1S/C22H23FN6O2/c1-15-6-5-9-19(16(15)2)27-10-12-28(13-11-27)22-20(29(30)31)21(24-14-25-22)26-18-8-4-3-7-17(18)23/h3-9,14H,10-13H2,1-2H3,(H,24,25,26). The molecule has 0 spiro atoms. The summed E-state index contributed by atoms with van der Waals surface area (Å²) in [5.41, 5.74) is 3.51. The van der Waals surface area contributed by atoms with Crippen molar-refractivity contribution in [3.8, 4) is 0 Å². The summed E-state index contributed by atoms with van der Waals surface area (Å²) in [5.74, 6) is -0.310. The number of nitrogens with one attached hydrogen (secondary N) is 1. The normalized spacial score (nSPS) is 13.9. The number of rotatable bonds is 5. The molecule has 1 aliphatic rings. The van der Waals surface area contributed by atoms with Gasteiger partial charge in [-0.05, 0) is 43.2 Å². The van der Waals surface area contributed by atoms with Gasteiger partial charge in [0.15, 0.2) is 0 Å². The van der Waals surface area contributed by atoms with E-state index in [4.69, 9.17) is 0 Å². The van der Waals surface area contributed by atoms with Crippen LogP contribution in [-0.4, -0.2) is 41.1 Å². The van der Waals surface area contributed by atoms with Gasteiger partial charge in [0, 0.05) is 31.9 Å². The van der Waals surface area contributed by atoms with Gasteiger partial charge in [0.25, 0.3) is 0 Å². The molecule has 3 aromatic rings. The maximum atomic E-state index is 14.0. The summed E-state index contributed by atoms with van der Waals surface area (Å²) < 4.78 is 14.0. The lowest BCUT2D eigenvalue weighted by atomic mass is 10.1. The molecule has 1 N–H and O–H groups in total. The first-order valence-electron chi connectivity index (χ1n) is 10.0. The van der Waals surface area contributed by atoms with Crippen molar-refractivity contribution in [2.75, 3.05) is 41.3 Å². The van der Waals surface area contributed by atoms with E-state index in [1.807, 2.05) is 11.0 Å². The molecule has 1 aliphatic heterocycles. The Balaban J connectivity index is 1.58. The molecule has 1 saturated heterocycles. The Morgan fingerprint density at radius 1 is 1.00 bits per heavy atom. The van der Waals surface area contributed by atoms with Gasteiger partial charge in [-0.15, -0.1) is 0 Å². The SMILES string of the molecule is Cc1cccc(N2CCN(c3ncnc(Nc4ccccc4F)c3[N+](=O)[O-])CC2)c1C. The molecule has 0 radical (unpaired) electrons. The Morgan fingerprint density at radius 3 is 2.42 bits per heavy atom. The highest BCUT2D eigenvalue weighted by Gasteiger charge is 2.30. The van der Waals surface area contributed by atoms with Crippen molar-refractivity contribution in [2.45, 2.75) is 13.8 Å². The predicted molar refractivity (Wildman–Crippen MR) is 119 cm³/mol. The molecule has 1 aromatic heterocycles. The molecule has 9 heteroatoms. The van der Waals surface area contributed by atoms with Crippen LogP contribution in [0.2, 0.25) is 0 Å². The van der Waals surface area contributed by atoms with E-state index in [1.165, 1.54) is 35.3 Å². The number of anilines is 4. The molecule has 1 fully saturated rings. The van der Waals surface area contributed by atoms with Gasteiger partial charge >= 0.3 is 5.69 Å². The number of nitrogens with zero attached hydrogens (tertiary/aromatic N) is 5. The second kappa shape index (κ2) is 8.55. The molecule has 8 nitrogen and oxygen atoms in total. The third-order valence-electron chi connectivity index (χ3n) is 5.61. The van der Waals surface area contributed by atoms with E-state index in [0.29, 0.717) is 26.2 Å². The minimum atomic E-state index is -0.518. The molecule has 4 rings (SSSR count). The van der Waals surface area contributed by atoms with Crippen LogP contribution in [0.15, 0.2) is 48.8 Å². The summed E-state index contributed by atoms with van der Waals surface area (Å²) in [6.07, 6.45) is 1.27. The van der Waals surface area contributed by atoms with E-state index in [2.05, 4.69) is 46.2 Å². The maximum absolute atomic E-state index is 14.0. The van der Waals surface area contributed by atoms with E-state index in [9.17, 15) is 14.5 Å². The second-order valence-electron chi connectivity index (χ2n) is 7.45. The van der Waals surface area contributed by atoms with E-state index in [-0.39, 0.29) is 23.0 Å². The average molecular weight is 422 g/mol. The highest BCUT2D eigenvalue weighted by Crippen LogP contribution is 2.35. The Labute approximate surface area is 179 Å². The van der Waals surface area contributed by atoms with Crippen molar-refractivity contribution >= 4 is 28.7 Å². The number of benzene rings is 2. The average Bonchev–Trinajstić information content (AvgIpc) is 2.77. The van der Waals surface area contributed by atoms with Gasteiger partial charge in [-0.3, -0.25) is 10.1 Å². The first-order chi connectivity index (χ1) is 15.0. The topological polar surface area (TPSA) is 87.4 Å². The highest BCUT2D eigenvalue weighted by molar-refractivity contribution is 5.75. The van der Waals surface area contributed by atoms with Crippen molar-refractivity contribution in [3.05, 3.63) is 75.9 Å². The lowest BCUT2D eigenvalue weighted by Gasteiger charge is -2.37. The minimum absolute atomic E-state index is 0.0305. The Hall–Kier alpha value is -3.75. The Bertz CT molecular complexity index is 1110. The zero-order chi connectivity index (χ0) is 22.0. The fourth-order valence-electron chi connectivity index (χ4n) is 3.79. The van der Waals surface area contributed by atoms with Crippen LogP contribution in [0.1, 0.15) is 11.1 Å². The summed E-state index contributed by atoms with van der Waals surface area (Å²) in [7, 11) is 0. The molecule has 0 aliphatic carbocycles. The smallest absolute Gasteiger partial charge is 0.353 e. The summed E-state index contributed by atoms with van der Waals surface area (Å²) in [4.78, 5) is 23.7. The lowest BCUT2D eigenvalue weighted by Crippen LogP contribution is -2.47. The number of hydrogen-bond donors (Lipinski definition) is 1. The summed E-state index contributed by atoms with van der Waals surface area (Å²) in [5, 5.41) is 14.6. The summed E-state index contributed by atoms with van der Waals surface area (Å²) >= 11 is 0. The van der Waals surface area contributed by atoms with Crippen LogP contribution in [-0.2, 0) is 0 Å². The summed E-state index contributed by atoms with van der Waals surface area (Å²) in [6.45, 7) is 6.76. The zero-order valence-corrected chi connectivity index (χ0v) is 17.4. The molecule has 31 heavy (non-hydrogen) atoms. The van der Waals surface area contributed by atoms with Crippen LogP contribution in [0.25, 0.3) is 0 Å². The van der Waals surface area contributed by atoms with Crippen LogP contribution >= 0.6 is 0 Å². The van der Waals surface area contributed by atoms with Gasteiger partial charge in [0.1, 0.15) is 12.1 Å². The lowest BCUT2D eigenvalue weighted by molar-refractivity contribution is -0.383. The largest absolute Gasteiger partial charge is 0.368 e. The molecule has 0 saturated carbocycles. The van der Waals surface area contributed by atoms with Gasteiger partial charge in [-0.1, -0.05) is 24.3 Å². The van der Waals surface area contributed by atoms with E-state index in [1.54, 1.807) is 12.1 Å². The fourth-order valence-corrected chi connectivity index (χ4v) is 3.79. The van der Waals surface area contributed by atoms with Gasteiger partial charge in [-0.25, -0.2) is 14.4 Å². The van der Waals surface area contributed by atoms with Crippen LogP contribution in [0.3, 0.4) is 0 Å². The van der Waals surface area contributed by atoms with E-state index in [0.717, 1.165) is 0 Å². The fraction of sp³-hybridized carbons (Fsp3) is 0.273. The van der Waals surface area contributed by atoms with E-state index < -0.39 is 10.7 Å². The molecule has 0 unspecified atom stereocenters. The molecule has 2 aromatic carbocycles. The van der Waals surface area contributed by atoms with Crippen molar-refractivity contribution in [3.63, 3.8) is 0 Å². The third kappa shape index (κ3) is 4.11. The van der Waals surface area contributed by atoms with Crippen molar-refractivity contribution in [1.29, 1.82) is 0 Å². The molecular weight excluding hydrogens is 399 g/mol. The first kappa shape index (κ1) is 20.5. The van der Waals surface area contributed by atoms with Crippen LogP contribution < -0.4 is 15.1 Å². The predicted octanol–water partition coefficient (Wildman–Crippen LogP) is 4.21. The van der Waals surface area contributed by atoms with E-state index >= 15 is 0 Å². The number of nitro groups is 1. The van der Waals surface area contributed by atoms with Crippen LogP contribution in [0.4, 0.5) is 33.1 Å². The minimum Gasteiger partial charge on any atom is -0.368 e. The Morgan fingerprint density at radius 2 is 1.71 bits per heavy atom. The second-order valence-corrected chi connectivity index (χ2v) is 7.45. The molecular formula is C22H23FN6O2. The molecule has 0 bridgehead atoms. The van der Waals surface area contributed by atoms with Gasteiger partial charge in [0.05, 0.1) is 10.6 Å². The van der Waals surface area contributed by atoms with Crippen molar-refractivity contribution < 1.29 is 9.31 Å². The molecule has 0 amide bonds. The number of aromatic nitrogens is 2. The van der Waals surface area contributed by atoms with Crippen LogP contribution in [0, 0.1) is 29.8 Å². The van der Waals surface area contributed by atoms with Gasteiger partial charge < -0.3 is 15.1 Å². The number of hydrogen-bond acceptors (Lipinski definition) is 7. The molecule has 160 valence electrons. The van der Waals surface area contributed by atoms with Gasteiger partial charge in [-0.2, -0.15) is 0 Å². The number of para-hydroxylation sites is 1. The maximum Gasteiger partial charge on any atom is 0.353 e. The summed E-state index contributed by atoms with van der Waals surface area (Å²) in [6, 6.07) is 12.2. The number of piperazine rings is 1. The van der Waals surface area contributed by atoms with Gasteiger partial charge in [0.2, 0.25) is 11.6 Å². The molecule has 2 heterocycles. The molecule has 0 atom stereocenters. The van der Waals surface area contributed by atoms with Crippen molar-refractivity contribution in [2.24, 2.45) is 0 Å². The van der Waals surface area contributed by atoms with Crippen molar-refractivity contribution in [1.82, 2.24) is 9.97 Å². The number of halogens is 1. The zero-order valence-electron chi connectivity index (χ0n) is 17.4. The van der Waals surface area contributed by atoms with Crippen LogP contribution in [0.5, 0.6) is 0 Å².